The average molecular weight is 264 g/mol. The predicted molar refractivity (Wildman–Crippen MR) is 74.9 cm³/mol. The van der Waals surface area contributed by atoms with Crippen molar-refractivity contribution in [1.29, 1.82) is 0 Å². The third kappa shape index (κ3) is 3.56. The zero-order valence-corrected chi connectivity index (χ0v) is 11.9. The monoisotopic (exact) mass is 264 g/mol. The molecule has 0 aliphatic heterocycles. The third-order valence-corrected chi connectivity index (χ3v) is 3.81. The van der Waals surface area contributed by atoms with Crippen LogP contribution in [0.5, 0.6) is 0 Å². The molecule has 1 aliphatic rings. The SMILES string of the molecule is CCn1nc(C)cc1C(=O)NCC1CCCC(N)C1. The summed E-state index contributed by atoms with van der Waals surface area (Å²) in [6, 6.07) is 2.14. The summed E-state index contributed by atoms with van der Waals surface area (Å²) >= 11 is 0. The van der Waals surface area contributed by atoms with E-state index in [0.29, 0.717) is 24.2 Å². The maximum Gasteiger partial charge on any atom is 0.269 e. The van der Waals surface area contributed by atoms with E-state index in [-0.39, 0.29) is 5.91 Å². The van der Waals surface area contributed by atoms with Gasteiger partial charge in [-0.3, -0.25) is 9.48 Å². The highest BCUT2D eigenvalue weighted by atomic mass is 16.2. The van der Waals surface area contributed by atoms with Crippen LogP contribution in [-0.4, -0.2) is 28.3 Å². The Morgan fingerprint density at radius 1 is 1.58 bits per heavy atom. The predicted octanol–water partition coefficient (Wildman–Crippen LogP) is 1.46. The first-order chi connectivity index (χ1) is 9.10. The first-order valence-electron chi connectivity index (χ1n) is 7.18. The average Bonchev–Trinajstić information content (AvgIpc) is 2.77. The Hall–Kier alpha value is -1.36. The fraction of sp³-hybridized carbons (Fsp3) is 0.714. The number of carbonyl (C=O) groups excluding carboxylic acids is 1. The van der Waals surface area contributed by atoms with Crippen LogP contribution >= 0.6 is 0 Å². The minimum Gasteiger partial charge on any atom is -0.350 e. The number of amides is 1. The summed E-state index contributed by atoms with van der Waals surface area (Å²) in [5.74, 6) is 0.494. The Balaban J connectivity index is 1.90. The van der Waals surface area contributed by atoms with Crippen LogP contribution < -0.4 is 11.1 Å². The lowest BCUT2D eigenvalue weighted by atomic mass is 9.86. The molecule has 2 rings (SSSR count). The lowest BCUT2D eigenvalue weighted by Gasteiger charge is -2.26. The Morgan fingerprint density at radius 3 is 3.05 bits per heavy atom. The maximum atomic E-state index is 12.2. The first kappa shape index (κ1) is 14.1. The molecular formula is C14H24N4O. The number of nitrogens with zero attached hydrogens (tertiary/aromatic N) is 2. The van der Waals surface area contributed by atoms with Crippen LogP contribution in [-0.2, 0) is 6.54 Å². The number of nitrogens with one attached hydrogen (secondary N) is 1. The molecule has 2 atom stereocenters. The van der Waals surface area contributed by atoms with Crippen molar-refractivity contribution in [3.8, 4) is 0 Å². The third-order valence-electron chi connectivity index (χ3n) is 3.81. The number of nitrogens with two attached hydrogens (primary N) is 1. The molecule has 5 heteroatoms. The van der Waals surface area contributed by atoms with Crippen LogP contribution in [0.15, 0.2) is 6.07 Å². The van der Waals surface area contributed by atoms with Crippen LogP contribution in [0.4, 0.5) is 0 Å². The molecule has 1 aliphatic carbocycles. The quantitative estimate of drug-likeness (QED) is 0.864. The second-order valence-electron chi connectivity index (χ2n) is 5.49. The summed E-state index contributed by atoms with van der Waals surface area (Å²) in [6.07, 6.45) is 4.48. The van der Waals surface area contributed by atoms with Crippen molar-refractivity contribution in [2.75, 3.05) is 6.54 Å². The van der Waals surface area contributed by atoms with Gasteiger partial charge in [-0.2, -0.15) is 5.10 Å². The lowest BCUT2D eigenvalue weighted by molar-refractivity contribution is 0.0931. The van der Waals surface area contributed by atoms with Crippen LogP contribution in [0.25, 0.3) is 0 Å². The Morgan fingerprint density at radius 2 is 2.37 bits per heavy atom. The van der Waals surface area contributed by atoms with Gasteiger partial charge < -0.3 is 11.1 Å². The van der Waals surface area contributed by atoms with Crippen molar-refractivity contribution < 1.29 is 4.79 Å². The molecule has 1 amide bonds. The zero-order valence-electron chi connectivity index (χ0n) is 11.9. The summed E-state index contributed by atoms with van der Waals surface area (Å²) in [7, 11) is 0. The highest BCUT2D eigenvalue weighted by molar-refractivity contribution is 5.92. The summed E-state index contributed by atoms with van der Waals surface area (Å²) < 4.78 is 1.75. The van der Waals surface area contributed by atoms with Gasteiger partial charge in [0.1, 0.15) is 5.69 Å². The Bertz CT molecular complexity index is 441. The van der Waals surface area contributed by atoms with E-state index in [9.17, 15) is 4.79 Å². The number of hydrogen-bond donors (Lipinski definition) is 2. The fourth-order valence-electron chi connectivity index (χ4n) is 2.81. The standard InChI is InChI=1S/C14H24N4O/c1-3-18-13(7-10(2)17-18)14(19)16-9-11-5-4-6-12(15)8-11/h7,11-12H,3-6,8-9,15H2,1-2H3,(H,16,19). The second kappa shape index (κ2) is 6.19. The Kier molecular flexibility index (Phi) is 4.58. The number of hydrogen-bond acceptors (Lipinski definition) is 3. The van der Waals surface area contributed by atoms with E-state index in [1.807, 2.05) is 19.9 Å². The minimum atomic E-state index is -0.0263. The van der Waals surface area contributed by atoms with Gasteiger partial charge in [-0.05, 0) is 45.1 Å². The number of rotatable bonds is 4. The summed E-state index contributed by atoms with van der Waals surface area (Å²) in [5.41, 5.74) is 7.50. The molecule has 106 valence electrons. The number of aromatic nitrogens is 2. The van der Waals surface area contributed by atoms with Gasteiger partial charge in [0.05, 0.1) is 5.69 Å². The van der Waals surface area contributed by atoms with Crippen molar-refractivity contribution in [2.45, 2.75) is 52.1 Å². The van der Waals surface area contributed by atoms with Crippen molar-refractivity contribution in [2.24, 2.45) is 11.7 Å². The van der Waals surface area contributed by atoms with Crippen molar-refractivity contribution in [3.63, 3.8) is 0 Å². The van der Waals surface area contributed by atoms with Gasteiger partial charge in [-0.1, -0.05) is 6.42 Å². The fourth-order valence-corrected chi connectivity index (χ4v) is 2.81. The van der Waals surface area contributed by atoms with Gasteiger partial charge >= 0.3 is 0 Å². The zero-order chi connectivity index (χ0) is 13.8. The summed E-state index contributed by atoms with van der Waals surface area (Å²) in [5, 5.41) is 7.31. The molecule has 3 N–H and O–H groups in total. The van der Waals surface area contributed by atoms with Gasteiger partial charge in [-0.15, -0.1) is 0 Å². The number of carbonyl (C=O) groups is 1. The molecule has 0 radical (unpaired) electrons. The molecule has 1 aromatic heterocycles. The summed E-state index contributed by atoms with van der Waals surface area (Å²) in [6.45, 7) is 5.33. The Labute approximate surface area is 114 Å². The molecule has 2 unspecified atom stereocenters. The molecule has 19 heavy (non-hydrogen) atoms. The van der Waals surface area contributed by atoms with E-state index in [4.69, 9.17) is 5.73 Å². The molecule has 0 bridgehead atoms. The molecule has 0 saturated heterocycles. The highest BCUT2D eigenvalue weighted by Crippen LogP contribution is 2.22. The van der Waals surface area contributed by atoms with E-state index in [0.717, 1.165) is 25.1 Å². The highest BCUT2D eigenvalue weighted by Gasteiger charge is 2.20. The molecule has 1 saturated carbocycles. The topological polar surface area (TPSA) is 72.9 Å². The van der Waals surface area contributed by atoms with Crippen molar-refractivity contribution >= 4 is 5.91 Å². The van der Waals surface area contributed by atoms with Crippen molar-refractivity contribution in [1.82, 2.24) is 15.1 Å². The van der Waals surface area contributed by atoms with Gasteiger partial charge in [0.15, 0.2) is 0 Å². The molecule has 0 aromatic carbocycles. The molecule has 0 spiro atoms. The lowest BCUT2D eigenvalue weighted by Crippen LogP contribution is -2.36. The maximum absolute atomic E-state index is 12.2. The minimum absolute atomic E-state index is 0.0263. The van der Waals surface area contributed by atoms with Gasteiger partial charge in [0, 0.05) is 19.1 Å². The van der Waals surface area contributed by atoms with Gasteiger partial charge in [0.2, 0.25) is 0 Å². The van der Waals surface area contributed by atoms with E-state index >= 15 is 0 Å². The molecular weight excluding hydrogens is 240 g/mol. The van der Waals surface area contributed by atoms with Crippen LogP contribution in [0.3, 0.4) is 0 Å². The van der Waals surface area contributed by atoms with Gasteiger partial charge in [0.25, 0.3) is 5.91 Å². The molecule has 1 fully saturated rings. The van der Waals surface area contributed by atoms with E-state index < -0.39 is 0 Å². The normalized spacial score (nSPS) is 23.3. The van der Waals surface area contributed by atoms with Crippen LogP contribution in [0.2, 0.25) is 0 Å². The first-order valence-corrected chi connectivity index (χ1v) is 7.18. The molecule has 1 aromatic rings. The second-order valence-corrected chi connectivity index (χ2v) is 5.49. The largest absolute Gasteiger partial charge is 0.350 e. The summed E-state index contributed by atoms with van der Waals surface area (Å²) in [4.78, 5) is 12.2. The smallest absolute Gasteiger partial charge is 0.269 e. The van der Waals surface area contributed by atoms with Crippen LogP contribution in [0.1, 0.15) is 48.8 Å². The van der Waals surface area contributed by atoms with Gasteiger partial charge in [-0.25, -0.2) is 0 Å². The number of aryl methyl sites for hydroxylation is 2. The van der Waals surface area contributed by atoms with Crippen LogP contribution in [0, 0.1) is 12.8 Å². The van der Waals surface area contributed by atoms with E-state index in [2.05, 4.69) is 10.4 Å². The van der Waals surface area contributed by atoms with Crippen molar-refractivity contribution in [3.05, 3.63) is 17.5 Å². The van der Waals surface area contributed by atoms with E-state index in [1.165, 1.54) is 12.8 Å². The van der Waals surface area contributed by atoms with E-state index in [1.54, 1.807) is 4.68 Å². The molecule has 5 nitrogen and oxygen atoms in total. The molecule has 1 heterocycles.